The van der Waals surface area contributed by atoms with E-state index in [0.717, 1.165) is 0 Å². The largest absolute Gasteiger partial charge is 0.490 e. The number of carbonyl (C=O) groups is 1. The van der Waals surface area contributed by atoms with Crippen molar-refractivity contribution in [3.63, 3.8) is 0 Å². The zero-order valence-electron chi connectivity index (χ0n) is 3.90. The first-order valence-corrected chi connectivity index (χ1v) is 1.45. The van der Waals surface area contributed by atoms with E-state index in [2.05, 4.69) is 5.59 Å². The molecule has 0 saturated carbocycles. The first-order chi connectivity index (χ1) is 3.94. The molecule has 0 spiro atoms. The molecule has 0 aromatic rings. The van der Waals surface area contributed by atoms with Gasteiger partial charge in [-0.25, -0.2) is 4.79 Å². The molecule has 54 valence electrons. The van der Waals surface area contributed by atoms with Crippen LogP contribution in [0.1, 0.15) is 0 Å². The number of alkyl halides is 3. The maximum Gasteiger partial charge on any atom is 0.490 e. The standard InChI is InChI=1S/C2HF3O2.HNO/c3-2(4,5)1(6)7;1-2/h(H,6,7);1H. The third-order valence-electron chi connectivity index (χ3n) is 0.243. The van der Waals surface area contributed by atoms with Crippen LogP contribution in [-0.2, 0) is 4.79 Å². The molecule has 0 aromatic carbocycles. The molecule has 0 aliphatic heterocycles. The van der Waals surface area contributed by atoms with Crippen LogP contribution in [0.3, 0.4) is 0 Å². The van der Waals surface area contributed by atoms with E-state index in [-0.39, 0.29) is 0 Å². The van der Waals surface area contributed by atoms with Crippen LogP contribution in [0.15, 0.2) is 0 Å². The van der Waals surface area contributed by atoms with Crippen molar-refractivity contribution < 1.29 is 23.1 Å². The lowest BCUT2D eigenvalue weighted by Crippen LogP contribution is -2.21. The molecule has 2 N–H and O–H groups in total. The van der Waals surface area contributed by atoms with Crippen LogP contribution in [0.4, 0.5) is 13.2 Å². The summed E-state index contributed by atoms with van der Waals surface area (Å²) in [6.45, 7) is 0. The molecule has 4 nitrogen and oxygen atoms in total. The normalized spacial score (nSPS) is 9.22. The van der Waals surface area contributed by atoms with Crippen molar-refractivity contribution in [2.45, 2.75) is 6.18 Å². The van der Waals surface area contributed by atoms with Gasteiger partial charge >= 0.3 is 12.1 Å². The number of hydrogen-bond acceptors (Lipinski definition) is 3. The Balaban J connectivity index is 0. The Hall–Kier alpha value is -1.14. The summed E-state index contributed by atoms with van der Waals surface area (Å²) in [5.41, 5.74) is 4.50. The number of nitrogens with one attached hydrogen (secondary N) is 1. The highest BCUT2D eigenvalue weighted by Gasteiger charge is 2.38. The predicted octanol–water partition coefficient (Wildman–Crippen LogP) is 0.965. The van der Waals surface area contributed by atoms with E-state index in [1.807, 2.05) is 0 Å². The van der Waals surface area contributed by atoms with Crippen molar-refractivity contribution in [1.29, 1.82) is 5.59 Å². The smallest absolute Gasteiger partial charge is 0.475 e. The van der Waals surface area contributed by atoms with Crippen molar-refractivity contribution >= 4 is 5.97 Å². The maximum atomic E-state index is 10.6. The Morgan fingerprint density at radius 2 is 1.44 bits per heavy atom. The number of halogens is 3. The SMILES string of the molecule is N=O.O=C(O)C(F)(F)F. The average Bonchev–Trinajstić information content (AvgIpc) is 1.69. The summed E-state index contributed by atoms with van der Waals surface area (Å²) in [5, 5.41) is 7.12. The molecule has 0 rings (SSSR count). The number of carboxylic acids is 1. The third-order valence-corrected chi connectivity index (χ3v) is 0.243. The first kappa shape index (κ1) is 10.8. The van der Waals surface area contributed by atoms with E-state index in [1.165, 1.54) is 0 Å². The minimum absolute atomic E-state index is 2.76. The number of nitroso groups, excluding NO2 is 1. The molecule has 0 bridgehead atoms. The lowest BCUT2D eigenvalue weighted by atomic mass is 10.7. The Bertz CT molecular complexity index is 99.7. The fourth-order valence-corrected chi connectivity index (χ4v) is 0. The molecule has 0 aliphatic rings. The number of carboxylic acid groups (broad SMARTS) is 1. The van der Waals surface area contributed by atoms with Gasteiger partial charge in [-0.3, -0.25) is 0 Å². The summed E-state index contributed by atoms with van der Waals surface area (Å²) in [4.78, 5) is 16.4. The Morgan fingerprint density at radius 1 is 1.33 bits per heavy atom. The number of hydrogen-bond donors (Lipinski definition) is 2. The highest BCUT2D eigenvalue weighted by Crippen LogP contribution is 2.13. The minimum Gasteiger partial charge on any atom is -0.475 e. The van der Waals surface area contributed by atoms with Gasteiger partial charge in [-0.15, -0.1) is 0 Å². The van der Waals surface area contributed by atoms with E-state index in [1.54, 1.807) is 0 Å². The molecule has 0 saturated heterocycles. The van der Waals surface area contributed by atoms with E-state index in [4.69, 9.17) is 14.8 Å². The summed E-state index contributed by atoms with van der Waals surface area (Å²) < 4.78 is 31.7. The van der Waals surface area contributed by atoms with E-state index in [0.29, 0.717) is 0 Å². The molecule has 0 radical (unpaired) electrons. The predicted molar refractivity (Wildman–Crippen MR) is 19.8 cm³/mol. The van der Waals surface area contributed by atoms with Gasteiger partial charge in [-0.1, -0.05) is 5.59 Å². The van der Waals surface area contributed by atoms with Crippen molar-refractivity contribution in [3.8, 4) is 0 Å². The second-order valence-electron chi connectivity index (χ2n) is 0.803. The van der Waals surface area contributed by atoms with E-state index < -0.39 is 12.1 Å². The fraction of sp³-hybridized carbons (Fsp3) is 0.500. The molecule has 0 fully saturated rings. The van der Waals surface area contributed by atoms with E-state index in [9.17, 15) is 13.2 Å². The second-order valence-corrected chi connectivity index (χ2v) is 0.803. The Morgan fingerprint density at radius 3 is 1.44 bits per heavy atom. The van der Waals surface area contributed by atoms with Crippen molar-refractivity contribution in [3.05, 3.63) is 4.91 Å². The van der Waals surface area contributed by atoms with Gasteiger partial charge < -0.3 is 5.11 Å². The van der Waals surface area contributed by atoms with Gasteiger partial charge in [0.15, 0.2) is 0 Å². The lowest BCUT2D eigenvalue weighted by Gasteiger charge is -1.93. The van der Waals surface area contributed by atoms with Gasteiger partial charge in [0, 0.05) is 0 Å². The minimum atomic E-state index is -5.08. The van der Waals surface area contributed by atoms with Crippen LogP contribution in [-0.4, -0.2) is 17.3 Å². The monoisotopic (exact) mass is 145 g/mol. The molecule has 0 atom stereocenters. The highest BCUT2D eigenvalue weighted by molar-refractivity contribution is 5.73. The van der Waals surface area contributed by atoms with Gasteiger partial charge in [-0.05, 0) is 0 Å². The van der Waals surface area contributed by atoms with E-state index >= 15 is 0 Å². The summed E-state index contributed by atoms with van der Waals surface area (Å²) in [5.74, 6) is -2.76. The van der Waals surface area contributed by atoms with Gasteiger partial charge in [0.25, 0.3) is 0 Å². The molecular formula is C2H2F3NO3. The molecule has 0 aliphatic carbocycles. The van der Waals surface area contributed by atoms with Gasteiger partial charge in [-0.2, -0.15) is 18.1 Å². The third kappa shape index (κ3) is 6.86. The molecule has 0 amide bonds. The molecule has 9 heavy (non-hydrogen) atoms. The summed E-state index contributed by atoms with van der Waals surface area (Å²) in [6.07, 6.45) is -5.08. The van der Waals surface area contributed by atoms with Crippen molar-refractivity contribution in [2.75, 3.05) is 0 Å². The first-order valence-electron chi connectivity index (χ1n) is 1.45. The topological polar surface area (TPSA) is 78.2 Å². The zero-order chi connectivity index (χ0) is 8.08. The molecule has 7 heteroatoms. The van der Waals surface area contributed by atoms with Crippen molar-refractivity contribution in [1.82, 2.24) is 0 Å². The van der Waals surface area contributed by atoms with Crippen LogP contribution in [0.5, 0.6) is 0 Å². The molecule has 0 heterocycles. The average molecular weight is 145 g/mol. The molecular weight excluding hydrogens is 143 g/mol. The quantitative estimate of drug-likeness (QED) is 0.498. The summed E-state index contributed by atoms with van der Waals surface area (Å²) in [7, 11) is 0. The fourth-order valence-electron chi connectivity index (χ4n) is 0. The Kier molecular flexibility index (Phi) is 4.56. The van der Waals surface area contributed by atoms with Crippen LogP contribution in [0.2, 0.25) is 0 Å². The highest BCUT2D eigenvalue weighted by atomic mass is 19.4. The Labute approximate surface area is 47.0 Å². The second kappa shape index (κ2) is 3.81. The van der Waals surface area contributed by atoms with Gasteiger partial charge in [0.05, 0.1) is 0 Å². The maximum absolute atomic E-state index is 10.6. The zero-order valence-corrected chi connectivity index (χ0v) is 3.90. The van der Waals surface area contributed by atoms with Crippen LogP contribution < -0.4 is 0 Å². The molecule has 0 aromatic heterocycles. The van der Waals surface area contributed by atoms with Gasteiger partial charge in [0.1, 0.15) is 0 Å². The van der Waals surface area contributed by atoms with Gasteiger partial charge in [0.2, 0.25) is 0 Å². The van der Waals surface area contributed by atoms with Crippen LogP contribution in [0, 0.1) is 10.5 Å². The summed E-state index contributed by atoms with van der Waals surface area (Å²) in [6, 6.07) is 0. The van der Waals surface area contributed by atoms with Crippen molar-refractivity contribution in [2.24, 2.45) is 0 Å². The van der Waals surface area contributed by atoms with Crippen LogP contribution in [0.25, 0.3) is 0 Å². The lowest BCUT2D eigenvalue weighted by molar-refractivity contribution is -0.192. The number of aliphatic carboxylic acids is 1. The number of rotatable bonds is 0. The van der Waals surface area contributed by atoms with Crippen LogP contribution >= 0.6 is 0 Å². The summed E-state index contributed by atoms with van der Waals surface area (Å²) >= 11 is 0. The molecule has 0 unspecified atom stereocenters.